The van der Waals surface area contributed by atoms with Gasteiger partial charge in [0, 0.05) is 31.5 Å². The van der Waals surface area contributed by atoms with Crippen molar-refractivity contribution in [3.63, 3.8) is 0 Å². The Hall–Kier alpha value is -0.830. The lowest BCUT2D eigenvalue weighted by molar-refractivity contribution is 0.0150. The third-order valence-electron chi connectivity index (χ3n) is 4.09. The highest BCUT2D eigenvalue weighted by Crippen LogP contribution is 2.23. The van der Waals surface area contributed by atoms with Crippen LogP contribution in [0.4, 0.5) is 0 Å². The van der Waals surface area contributed by atoms with Gasteiger partial charge in [0.15, 0.2) is 0 Å². The molecule has 3 nitrogen and oxygen atoms in total. The van der Waals surface area contributed by atoms with Crippen LogP contribution in [-0.2, 0) is 24.1 Å². The number of hydrogen-bond acceptors (Lipinski definition) is 2. The molecule has 0 spiro atoms. The monoisotopic (exact) mass is 234 g/mol. The Labute approximate surface area is 103 Å². The molecule has 0 N–H and O–H groups in total. The van der Waals surface area contributed by atoms with Crippen molar-refractivity contribution in [1.29, 1.82) is 0 Å². The predicted octanol–water partition coefficient (Wildman–Crippen LogP) is 2.58. The van der Waals surface area contributed by atoms with Crippen LogP contribution in [-0.4, -0.2) is 22.3 Å². The molecular formula is C14H22N2O. The van der Waals surface area contributed by atoms with E-state index in [2.05, 4.69) is 22.7 Å². The van der Waals surface area contributed by atoms with Crippen LogP contribution in [0, 0.1) is 5.92 Å². The standard InChI is InChI=1S/C14H22N2O/c1-11-5-6-12-9-15-14(16(12)10-11)8-13-4-2-3-7-17-13/h9,11,13H,2-8,10H2,1H3. The number of hydrogen-bond donors (Lipinski definition) is 0. The van der Waals surface area contributed by atoms with Crippen molar-refractivity contribution in [1.82, 2.24) is 9.55 Å². The van der Waals surface area contributed by atoms with Crippen molar-refractivity contribution >= 4 is 0 Å². The van der Waals surface area contributed by atoms with Gasteiger partial charge in [0.25, 0.3) is 0 Å². The summed E-state index contributed by atoms with van der Waals surface area (Å²) in [7, 11) is 0. The van der Waals surface area contributed by atoms with E-state index in [1.807, 2.05) is 0 Å². The van der Waals surface area contributed by atoms with Crippen molar-refractivity contribution in [2.24, 2.45) is 5.92 Å². The maximum atomic E-state index is 5.82. The topological polar surface area (TPSA) is 27.1 Å². The van der Waals surface area contributed by atoms with Crippen molar-refractivity contribution in [2.45, 2.75) is 58.1 Å². The molecule has 0 bridgehead atoms. The lowest BCUT2D eigenvalue weighted by atomic mass is 10.00. The second-order valence-corrected chi connectivity index (χ2v) is 5.61. The third kappa shape index (κ3) is 2.39. The van der Waals surface area contributed by atoms with E-state index in [1.165, 1.54) is 43.6 Å². The van der Waals surface area contributed by atoms with Crippen LogP contribution in [0.1, 0.15) is 44.1 Å². The zero-order valence-corrected chi connectivity index (χ0v) is 10.7. The first kappa shape index (κ1) is 11.3. The molecule has 1 aromatic heterocycles. The number of ether oxygens (including phenoxy) is 1. The van der Waals surface area contributed by atoms with E-state index >= 15 is 0 Å². The van der Waals surface area contributed by atoms with Gasteiger partial charge in [0.05, 0.1) is 6.10 Å². The summed E-state index contributed by atoms with van der Waals surface area (Å²) in [6.07, 6.45) is 9.74. The summed E-state index contributed by atoms with van der Waals surface area (Å²) in [6.45, 7) is 4.43. The van der Waals surface area contributed by atoms with Gasteiger partial charge in [-0.25, -0.2) is 4.98 Å². The summed E-state index contributed by atoms with van der Waals surface area (Å²) in [5.41, 5.74) is 1.42. The summed E-state index contributed by atoms with van der Waals surface area (Å²) < 4.78 is 8.25. The third-order valence-corrected chi connectivity index (χ3v) is 4.09. The quantitative estimate of drug-likeness (QED) is 0.786. The normalized spacial score (nSPS) is 29.0. The van der Waals surface area contributed by atoms with Crippen LogP contribution in [0.5, 0.6) is 0 Å². The number of nitrogens with zero attached hydrogens (tertiary/aromatic N) is 2. The fraction of sp³-hybridized carbons (Fsp3) is 0.786. The molecule has 0 aliphatic carbocycles. The lowest BCUT2D eigenvalue weighted by Gasteiger charge is -2.25. The second kappa shape index (κ2) is 4.81. The van der Waals surface area contributed by atoms with Crippen LogP contribution < -0.4 is 0 Å². The highest BCUT2D eigenvalue weighted by molar-refractivity contribution is 5.09. The molecule has 1 fully saturated rings. The van der Waals surface area contributed by atoms with Gasteiger partial charge in [-0.3, -0.25) is 0 Å². The van der Waals surface area contributed by atoms with Gasteiger partial charge in [-0.1, -0.05) is 6.92 Å². The van der Waals surface area contributed by atoms with E-state index in [9.17, 15) is 0 Å². The van der Waals surface area contributed by atoms with Crippen molar-refractivity contribution < 1.29 is 4.74 Å². The zero-order chi connectivity index (χ0) is 11.7. The van der Waals surface area contributed by atoms with Gasteiger partial charge in [0.1, 0.15) is 5.82 Å². The van der Waals surface area contributed by atoms with Gasteiger partial charge in [-0.15, -0.1) is 0 Å². The minimum absolute atomic E-state index is 0.410. The molecule has 3 heteroatoms. The summed E-state index contributed by atoms with van der Waals surface area (Å²) in [4.78, 5) is 4.61. The minimum Gasteiger partial charge on any atom is -0.378 e. The molecule has 2 atom stereocenters. The highest BCUT2D eigenvalue weighted by atomic mass is 16.5. The maximum absolute atomic E-state index is 5.82. The first-order valence-electron chi connectivity index (χ1n) is 6.98. The van der Waals surface area contributed by atoms with Gasteiger partial charge in [-0.2, -0.15) is 0 Å². The fourth-order valence-electron chi connectivity index (χ4n) is 3.01. The number of aryl methyl sites for hydroxylation is 1. The molecular weight excluding hydrogens is 212 g/mol. The smallest absolute Gasteiger partial charge is 0.111 e. The van der Waals surface area contributed by atoms with E-state index in [0.717, 1.165) is 25.5 Å². The highest BCUT2D eigenvalue weighted by Gasteiger charge is 2.22. The molecule has 2 aliphatic rings. The fourth-order valence-corrected chi connectivity index (χ4v) is 3.01. The Morgan fingerprint density at radius 2 is 2.35 bits per heavy atom. The van der Waals surface area contributed by atoms with E-state index in [0.29, 0.717) is 6.10 Å². The molecule has 3 rings (SSSR count). The first-order valence-corrected chi connectivity index (χ1v) is 6.98. The van der Waals surface area contributed by atoms with Gasteiger partial charge >= 0.3 is 0 Å². The van der Waals surface area contributed by atoms with Crippen molar-refractivity contribution in [2.75, 3.05) is 6.61 Å². The van der Waals surface area contributed by atoms with Gasteiger partial charge in [0.2, 0.25) is 0 Å². The zero-order valence-electron chi connectivity index (χ0n) is 10.7. The van der Waals surface area contributed by atoms with Crippen LogP contribution in [0.25, 0.3) is 0 Å². The molecule has 2 aliphatic heterocycles. The van der Waals surface area contributed by atoms with E-state index in [1.54, 1.807) is 0 Å². The summed E-state index contributed by atoms with van der Waals surface area (Å²) in [5, 5.41) is 0. The summed E-state index contributed by atoms with van der Waals surface area (Å²) in [6, 6.07) is 0. The average molecular weight is 234 g/mol. The van der Waals surface area contributed by atoms with Gasteiger partial charge < -0.3 is 9.30 Å². The number of rotatable bonds is 2. The Morgan fingerprint density at radius 1 is 1.41 bits per heavy atom. The molecule has 94 valence electrons. The van der Waals surface area contributed by atoms with Crippen LogP contribution in [0.15, 0.2) is 6.20 Å². The molecule has 2 unspecified atom stereocenters. The maximum Gasteiger partial charge on any atom is 0.111 e. The van der Waals surface area contributed by atoms with Gasteiger partial charge in [-0.05, 0) is 38.0 Å². The average Bonchev–Trinajstić information content (AvgIpc) is 2.73. The number of aromatic nitrogens is 2. The second-order valence-electron chi connectivity index (χ2n) is 5.61. The molecule has 0 aromatic carbocycles. The number of imidazole rings is 1. The minimum atomic E-state index is 0.410. The van der Waals surface area contributed by atoms with E-state index < -0.39 is 0 Å². The van der Waals surface area contributed by atoms with Crippen LogP contribution in [0.2, 0.25) is 0 Å². The molecule has 3 heterocycles. The summed E-state index contributed by atoms with van der Waals surface area (Å²) in [5.74, 6) is 2.04. The molecule has 1 saturated heterocycles. The van der Waals surface area contributed by atoms with Crippen molar-refractivity contribution in [3.8, 4) is 0 Å². The Bertz CT molecular complexity index is 380. The van der Waals surface area contributed by atoms with Crippen molar-refractivity contribution in [3.05, 3.63) is 17.7 Å². The summed E-state index contributed by atoms with van der Waals surface area (Å²) >= 11 is 0. The Morgan fingerprint density at radius 3 is 3.18 bits per heavy atom. The predicted molar refractivity (Wildman–Crippen MR) is 67.0 cm³/mol. The van der Waals surface area contributed by atoms with E-state index in [-0.39, 0.29) is 0 Å². The molecule has 0 saturated carbocycles. The lowest BCUT2D eigenvalue weighted by Crippen LogP contribution is -2.25. The molecule has 1 aromatic rings. The largest absolute Gasteiger partial charge is 0.378 e. The SMILES string of the molecule is CC1CCc2cnc(CC3CCCCO3)n2C1. The van der Waals surface area contributed by atoms with Crippen LogP contribution >= 0.6 is 0 Å². The van der Waals surface area contributed by atoms with E-state index in [4.69, 9.17) is 4.74 Å². The van der Waals surface area contributed by atoms with Crippen LogP contribution in [0.3, 0.4) is 0 Å². The first-order chi connectivity index (χ1) is 8.33. The molecule has 0 radical (unpaired) electrons. The number of fused-ring (bicyclic) bond motifs is 1. The Kier molecular flexibility index (Phi) is 3.19. The molecule has 17 heavy (non-hydrogen) atoms. The molecule has 0 amide bonds. The Balaban J connectivity index is 1.72.